The summed E-state index contributed by atoms with van der Waals surface area (Å²) in [5.41, 5.74) is 6.72. The molecule has 0 saturated carbocycles. The average Bonchev–Trinajstić information content (AvgIpc) is 3.09. The minimum atomic E-state index is -1.13. The quantitative estimate of drug-likeness (QED) is 0.124. The first kappa shape index (κ1) is 26.9. The predicted molar refractivity (Wildman–Crippen MR) is 147 cm³/mol. The smallest absolute Gasteiger partial charge is 0.328 e. The summed E-state index contributed by atoms with van der Waals surface area (Å²) in [7, 11) is 0. The van der Waals surface area contributed by atoms with Gasteiger partial charge in [-0.3, -0.25) is 19.9 Å². The standard InChI is InChI=1S/C30H34N4O4/c1-3-38-26(35)12-8-5-9-17-34-29(37)33(28(36)30(34,2)25-10-6-4-7-11-25)20-21-13-14-22-15-16-23(27(31)32)19-24(22)18-21/h4,6-7,10-11,13-16,18-19H,3,5,8-9,12,17,20H2,1-2H3,(H3,31,32). The van der Waals surface area contributed by atoms with Crippen LogP contribution >= 0.6 is 0 Å². The number of urea groups is 1. The zero-order valence-electron chi connectivity index (χ0n) is 21.9. The van der Waals surface area contributed by atoms with E-state index in [9.17, 15) is 14.4 Å². The van der Waals surface area contributed by atoms with Gasteiger partial charge in [0.2, 0.25) is 0 Å². The van der Waals surface area contributed by atoms with Crippen LogP contribution in [0.3, 0.4) is 0 Å². The number of hydrogen-bond donors (Lipinski definition) is 2. The highest BCUT2D eigenvalue weighted by Crippen LogP contribution is 2.38. The largest absolute Gasteiger partial charge is 0.466 e. The van der Waals surface area contributed by atoms with Crippen LogP contribution in [0.1, 0.15) is 56.2 Å². The van der Waals surface area contributed by atoms with E-state index in [0.717, 1.165) is 28.3 Å². The van der Waals surface area contributed by atoms with Crippen LogP contribution < -0.4 is 5.73 Å². The molecule has 38 heavy (non-hydrogen) atoms. The number of hydrogen-bond acceptors (Lipinski definition) is 5. The molecule has 8 nitrogen and oxygen atoms in total. The number of nitrogens with two attached hydrogens (primary N) is 1. The van der Waals surface area contributed by atoms with Crippen molar-refractivity contribution >= 4 is 34.5 Å². The van der Waals surface area contributed by atoms with Gasteiger partial charge in [0.1, 0.15) is 11.4 Å². The van der Waals surface area contributed by atoms with E-state index in [1.54, 1.807) is 24.8 Å². The molecule has 0 aromatic heterocycles. The Morgan fingerprint density at radius 3 is 2.42 bits per heavy atom. The third-order valence-corrected chi connectivity index (χ3v) is 7.12. The Hall–Kier alpha value is -4.20. The van der Waals surface area contributed by atoms with Gasteiger partial charge in [0.15, 0.2) is 0 Å². The third-order valence-electron chi connectivity index (χ3n) is 7.12. The summed E-state index contributed by atoms with van der Waals surface area (Å²) >= 11 is 0. The third kappa shape index (κ3) is 5.39. The molecule has 1 atom stereocenters. The van der Waals surface area contributed by atoms with Crippen molar-refractivity contribution in [1.29, 1.82) is 5.41 Å². The number of fused-ring (bicyclic) bond motifs is 1. The molecule has 3 N–H and O–H groups in total. The van der Waals surface area contributed by atoms with Gasteiger partial charge >= 0.3 is 12.0 Å². The normalized spacial score (nSPS) is 17.3. The molecule has 1 fully saturated rings. The van der Waals surface area contributed by atoms with E-state index < -0.39 is 5.54 Å². The number of benzene rings is 3. The number of esters is 1. The van der Waals surface area contributed by atoms with Crippen LogP contribution in [0.4, 0.5) is 4.79 Å². The zero-order chi connectivity index (χ0) is 27.3. The number of imide groups is 1. The van der Waals surface area contributed by atoms with Crippen molar-refractivity contribution in [3.8, 4) is 0 Å². The van der Waals surface area contributed by atoms with Crippen LogP contribution in [0, 0.1) is 5.41 Å². The second-order valence-electron chi connectivity index (χ2n) is 9.69. The summed E-state index contributed by atoms with van der Waals surface area (Å²) in [5, 5.41) is 9.59. The number of unbranched alkanes of at least 4 members (excludes halogenated alkanes) is 2. The first-order chi connectivity index (χ1) is 18.3. The Labute approximate surface area is 222 Å². The molecule has 1 aliphatic heterocycles. The fourth-order valence-electron chi connectivity index (χ4n) is 5.00. The molecule has 3 amide bonds. The van der Waals surface area contributed by atoms with Gasteiger partial charge < -0.3 is 15.4 Å². The fourth-order valence-corrected chi connectivity index (χ4v) is 5.00. The Balaban J connectivity index is 1.56. The molecule has 198 valence electrons. The molecule has 3 aromatic carbocycles. The lowest BCUT2D eigenvalue weighted by Gasteiger charge is -2.32. The molecule has 0 spiro atoms. The highest BCUT2D eigenvalue weighted by molar-refractivity contribution is 6.07. The van der Waals surface area contributed by atoms with Crippen LogP contribution in [0.5, 0.6) is 0 Å². The number of nitrogens with one attached hydrogen (secondary N) is 1. The van der Waals surface area contributed by atoms with Gasteiger partial charge in [-0.25, -0.2) is 4.79 Å². The van der Waals surface area contributed by atoms with Crippen LogP contribution in [0.2, 0.25) is 0 Å². The molecular formula is C30H34N4O4. The maximum absolute atomic E-state index is 13.9. The Morgan fingerprint density at radius 2 is 1.71 bits per heavy atom. The van der Waals surface area contributed by atoms with Crippen molar-refractivity contribution in [3.05, 3.63) is 83.4 Å². The summed E-state index contributed by atoms with van der Waals surface area (Å²) < 4.78 is 4.99. The highest BCUT2D eigenvalue weighted by Gasteiger charge is 2.54. The monoisotopic (exact) mass is 514 g/mol. The number of nitrogen functional groups attached to an aromatic ring is 1. The molecule has 1 unspecified atom stereocenters. The average molecular weight is 515 g/mol. The number of amides is 3. The molecule has 0 bridgehead atoms. The van der Waals surface area contributed by atoms with E-state index in [1.807, 2.05) is 60.7 Å². The van der Waals surface area contributed by atoms with Crippen molar-refractivity contribution in [3.63, 3.8) is 0 Å². The van der Waals surface area contributed by atoms with E-state index in [-0.39, 0.29) is 30.3 Å². The van der Waals surface area contributed by atoms with E-state index >= 15 is 0 Å². The molecule has 3 aromatic rings. The van der Waals surface area contributed by atoms with Crippen LogP contribution in [0.25, 0.3) is 10.8 Å². The minimum absolute atomic E-state index is 0.0151. The molecule has 1 heterocycles. The van der Waals surface area contributed by atoms with Gasteiger partial charge in [0.25, 0.3) is 5.91 Å². The summed E-state index contributed by atoms with van der Waals surface area (Å²) in [6.07, 6.45) is 2.42. The van der Waals surface area contributed by atoms with Gasteiger partial charge in [-0.1, -0.05) is 61.0 Å². The number of ether oxygens (including phenoxy) is 1. The first-order valence-electron chi connectivity index (χ1n) is 13.0. The maximum atomic E-state index is 13.9. The van der Waals surface area contributed by atoms with E-state index in [0.29, 0.717) is 38.0 Å². The summed E-state index contributed by atoms with van der Waals surface area (Å²) in [4.78, 5) is 42.2. The van der Waals surface area contributed by atoms with Crippen molar-refractivity contribution in [2.45, 2.75) is 51.6 Å². The topological polar surface area (TPSA) is 117 Å². The van der Waals surface area contributed by atoms with Crippen molar-refractivity contribution in [2.24, 2.45) is 5.73 Å². The van der Waals surface area contributed by atoms with Crippen molar-refractivity contribution < 1.29 is 19.1 Å². The van der Waals surface area contributed by atoms with Gasteiger partial charge in [-0.05, 0) is 60.7 Å². The van der Waals surface area contributed by atoms with Gasteiger partial charge in [-0.2, -0.15) is 0 Å². The molecule has 1 saturated heterocycles. The number of carbonyl (C=O) groups is 3. The van der Waals surface area contributed by atoms with Gasteiger partial charge in [-0.15, -0.1) is 0 Å². The maximum Gasteiger partial charge on any atom is 0.328 e. The molecule has 0 aliphatic carbocycles. The Morgan fingerprint density at radius 1 is 0.974 bits per heavy atom. The second kappa shape index (κ2) is 11.5. The Kier molecular flexibility index (Phi) is 8.10. The molecular weight excluding hydrogens is 480 g/mol. The predicted octanol–water partition coefficient (Wildman–Crippen LogP) is 4.93. The van der Waals surface area contributed by atoms with Crippen molar-refractivity contribution in [2.75, 3.05) is 13.2 Å². The summed E-state index contributed by atoms with van der Waals surface area (Å²) in [6, 6.07) is 20.4. The second-order valence-corrected chi connectivity index (χ2v) is 9.69. The number of carbonyl (C=O) groups excluding carboxylic acids is 3. The SMILES string of the molecule is CCOC(=O)CCCCCN1C(=O)N(Cc2ccc3ccc(C(=N)N)cc3c2)C(=O)C1(C)c1ccccc1. The van der Waals surface area contributed by atoms with Crippen LogP contribution in [-0.2, 0) is 26.4 Å². The molecule has 4 rings (SSSR count). The number of rotatable bonds is 11. The number of nitrogens with zero attached hydrogens (tertiary/aromatic N) is 2. The van der Waals surface area contributed by atoms with Gasteiger partial charge in [0, 0.05) is 18.5 Å². The lowest BCUT2D eigenvalue weighted by Crippen LogP contribution is -2.44. The van der Waals surface area contributed by atoms with Gasteiger partial charge in [0.05, 0.1) is 13.2 Å². The summed E-state index contributed by atoms with van der Waals surface area (Å²) in [6.45, 7) is 4.49. The molecule has 1 aliphatic rings. The lowest BCUT2D eigenvalue weighted by atomic mass is 9.90. The molecule has 0 radical (unpaired) electrons. The van der Waals surface area contributed by atoms with E-state index in [1.165, 1.54) is 4.90 Å². The van der Waals surface area contributed by atoms with E-state index in [4.69, 9.17) is 15.9 Å². The lowest BCUT2D eigenvalue weighted by molar-refractivity contribution is -0.143. The van der Waals surface area contributed by atoms with Crippen molar-refractivity contribution in [1.82, 2.24) is 9.80 Å². The van der Waals surface area contributed by atoms with Crippen LogP contribution in [-0.4, -0.2) is 46.7 Å². The molecule has 8 heteroatoms. The minimum Gasteiger partial charge on any atom is -0.466 e. The summed E-state index contributed by atoms with van der Waals surface area (Å²) in [5.74, 6) is -0.498. The fraction of sp³-hybridized carbons (Fsp3) is 0.333. The Bertz CT molecular complexity index is 1360. The first-order valence-corrected chi connectivity index (χ1v) is 13.0. The number of amidine groups is 1. The zero-order valence-corrected chi connectivity index (χ0v) is 21.9. The highest BCUT2D eigenvalue weighted by atomic mass is 16.5. The van der Waals surface area contributed by atoms with E-state index in [2.05, 4.69) is 0 Å². The van der Waals surface area contributed by atoms with Crippen LogP contribution in [0.15, 0.2) is 66.7 Å².